The lowest BCUT2D eigenvalue weighted by molar-refractivity contribution is 0.0273. The van der Waals surface area contributed by atoms with E-state index in [0.29, 0.717) is 18.0 Å². The molecular formula is C13H19N3O2. The molecule has 98 valence electrons. The molecule has 1 amide bonds. The van der Waals surface area contributed by atoms with Crippen LogP contribution in [0.1, 0.15) is 30.1 Å². The van der Waals surface area contributed by atoms with Crippen molar-refractivity contribution in [2.24, 2.45) is 0 Å². The van der Waals surface area contributed by atoms with Crippen LogP contribution in [-0.4, -0.2) is 36.7 Å². The van der Waals surface area contributed by atoms with E-state index < -0.39 is 0 Å². The van der Waals surface area contributed by atoms with Gasteiger partial charge in [-0.25, -0.2) is 4.98 Å². The van der Waals surface area contributed by atoms with Gasteiger partial charge in [0.25, 0.3) is 5.91 Å². The predicted molar refractivity (Wildman–Crippen MR) is 69.7 cm³/mol. The molecule has 0 aliphatic carbocycles. The maximum atomic E-state index is 12.3. The van der Waals surface area contributed by atoms with Gasteiger partial charge in [-0.1, -0.05) is 0 Å². The zero-order valence-electron chi connectivity index (χ0n) is 10.8. The van der Waals surface area contributed by atoms with Gasteiger partial charge in [-0.3, -0.25) is 4.79 Å². The van der Waals surface area contributed by atoms with Gasteiger partial charge in [-0.15, -0.1) is 0 Å². The number of hydrogen-bond donors (Lipinski definition) is 2. The summed E-state index contributed by atoms with van der Waals surface area (Å²) >= 11 is 0. The van der Waals surface area contributed by atoms with E-state index in [-0.39, 0.29) is 11.4 Å². The molecule has 1 atom stereocenters. The molecule has 5 heteroatoms. The molecule has 5 nitrogen and oxygen atoms in total. The summed E-state index contributed by atoms with van der Waals surface area (Å²) in [4.78, 5) is 16.4. The summed E-state index contributed by atoms with van der Waals surface area (Å²) in [5, 5.41) is 5.97. The van der Waals surface area contributed by atoms with E-state index in [1.165, 1.54) is 0 Å². The van der Waals surface area contributed by atoms with Gasteiger partial charge in [-0.05, 0) is 31.9 Å². The fourth-order valence-electron chi connectivity index (χ4n) is 2.16. The number of pyridine rings is 1. The molecule has 2 N–H and O–H groups in total. The Hall–Kier alpha value is -1.62. The Bertz CT molecular complexity index is 428. The van der Waals surface area contributed by atoms with E-state index in [1.54, 1.807) is 25.4 Å². The second-order valence-electron chi connectivity index (χ2n) is 4.82. The van der Waals surface area contributed by atoms with Crippen LogP contribution in [0.3, 0.4) is 0 Å². The molecule has 2 rings (SSSR count). The van der Waals surface area contributed by atoms with E-state index in [1.807, 2.05) is 6.92 Å². The zero-order valence-corrected chi connectivity index (χ0v) is 10.8. The highest BCUT2D eigenvalue weighted by atomic mass is 16.5. The number of anilines is 1. The lowest BCUT2D eigenvalue weighted by Crippen LogP contribution is -2.51. The number of carbonyl (C=O) groups is 1. The Balaban J connectivity index is 2.11. The third kappa shape index (κ3) is 2.79. The molecule has 18 heavy (non-hydrogen) atoms. The second-order valence-corrected chi connectivity index (χ2v) is 4.82. The van der Waals surface area contributed by atoms with Gasteiger partial charge in [0.05, 0.1) is 17.7 Å². The summed E-state index contributed by atoms with van der Waals surface area (Å²) in [6, 6.07) is 3.52. The fraction of sp³-hybridized carbons (Fsp3) is 0.538. The summed E-state index contributed by atoms with van der Waals surface area (Å²) in [5.41, 5.74) is 0.280. The molecule has 1 aromatic rings. The average molecular weight is 249 g/mol. The van der Waals surface area contributed by atoms with Crippen molar-refractivity contribution < 1.29 is 9.53 Å². The van der Waals surface area contributed by atoms with Gasteiger partial charge < -0.3 is 15.4 Å². The Morgan fingerprint density at radius 1 is 1.56 bits per heavy atom. The second kappa shape index (κ2) is 5.35. The monoisotopic (exact) mass is 249 g/mol. The largest absolute Gasteiger partial charge is 0.379 e. The van der Waals surface area contributed by atoms with Crippen LogP contribution in [0.5, 0.6) is 0 Å². The summed E-state index contributed by atoms with van der Waals surface area (Å²) < 4.78 is 5.43. The van der Waals surface area contributed by atoms with Crippen LogP contribution in [0.25, 0.3) is 0 Å². The first kappa shape index (κ1) is 12.8. The fourth-order valence-corrected chi connectivity index (χ4v) is 2.16. The molecule has 1 aliphatic heterocycles. The molecule has 2 heterocycles. The van der Waals surface area contributed by atoms with Crippen molar-refractivity contribution in [2.45, 2.75) is 25.3 Å². The molecule has 1 aromatic heterocycles. The minimum Gasteiger partial charge on any atom is -0.379 e. The number of rotatable bonds is 3. The van der Waals surface area contributed by atoms with Crippen molar-refractivity contribution in [1.82, 2.24) is 10.3 Å². The highest BCUT2D eigenvalue weighted by Gasteiger charge is 2.30. The number of ether oxygens (including phenoxy) is 1. The minimum atomic E-state index is -0.282. The third-order valence-corrected chi connectivity index (χ3v) is 3.14. The number of nitrogens with one attached hydrogen (secondary N) is 2. The SMILES string of the molecule is CNc1ncccc1C(=O)NC1(C)CCCOC1. The number of nitrogens with zero attached hydrogens (tertiary/aromatic N) is 1. The standard InChI is InChI=1S/C13H19N3O2/c1-13(6-4-8-18-9-13)16-12(17)10-5-3-7-15-11(10)14-2/h3,5,7H,4,6,8-9H2,1-2H3,(H,14,15)(H,16,17). The van der Waals surface area contributed by atoms with Crippen LogP contribution in [0.4, 0.5) is 5.82 Å². The highest BCUT2D eigenvalue weighted by Crippen LogP contribution is 2.20. The molecule has 1 aliphatic rings. The van der Waals surface area contributed by atoms with E-state index in [0.717, 1.165) is 19.4 Å². The topological polar surface area (TPSA) is 63.2 Å². The zero-order chi connectivity index (χ0) is 13.0. The van der Waals surface area contributed by atoms with E-state index in [4.69, 9.17) is 4.74 Å². The Kier molecular flexibility index (Phi) is 3.81. The van der Waals surface area contributed by atoms with Crippen LogP contribution in [0, 0.1) is 0 Å². The Morgan fingerprint density at radius 3 is 3.06 bits per heavy atom. The molecule has 0 saturated carbocycles. The maximum absolute atomic E-state index is 12.3. The van der Waals surface area contributed by atoms with Gasteiger partial charge in [-0.2, -0.15) is 0 Å². The quantitative estimate of drug-likeness (QED) is 0.850. The van der Waals surface area contributed by atoms with Gasteiger partial charge >= 0.3 is 0 Å². The molecule has 0 spiro atoms. The van der Waals surface area contributed by atoms with Crippen molar-refractivity contribution in [3.63, 3.8) is 0 Å². The first-order valence-electron chi connectivity index (χ1n) is 6.18. The highest BCUT2D eigenvalue weighted by molar-refractivity contribution is 5.99. The minimum absolute atomic E-state index is 0.111. The predicted octanol–water partition coefficient (Wildman–Crippen LogP) is 1.42. The first-order valence-corrected chi connectivity index (χ1v) is 6.18. The lowest BCUT2D eigenvalue weighted by atomic mass is 9.94. The Morgan fingerprint density at radius 2 is 2.39 bits per heavy atom. The normalized spacial score (nSPS) is 23.4. The summed E-state index contributed by atoms with van der Waals surface area (Å²) in [6.45, 7) is 3.35. The lowest BCUT2D eigenvalue weighted by Gasteiger charge is -2.34. The summed E-state index contributed by atoms with van der Waals surface area (Å²) in [6.07, 6.45) is 3.57. The summed E-state index contributed by atoms with van der Waals surface area (Å²) in [7, 11) is 1.75. The number of aromatic nitrogens is 1. The van der Waals surface area contributed by atoms with E-state index >= 15 is 0 Å². The van der Waals surface area contributed by atoms with Gasteiger partial charge in [0.1, 0.15) is 5.82 Å². The van der Waals surface area contributed by atoms with Crippen molar-refractivity contribution in [1.29, 1.82) is 0 Å². The molecule has 1 unspecified atom stereocenters. The molecule has 0 bridgehead atoms. The van der Waals surface area contributed by atoms with Gasteiger partial charge in [0, 0.05) is 19.9 Å². The van der Waals surface area contributed by atoms with Gasteiger partial charge in [0.2, 0.25) is 0 Å². The molecule has 0 aromatic carbocycles. The smallest absolute Gasteiger partial charge is 0.255 e. The van der Waals surface area contributed by atoms with Crippen LogP contribution in [-0.2, 0) is 4.74 Å². The Labute approximate surface area is 107 Å². The third-order valence-electron chi connectivity index (χ3n) is 3.14. The van der Waals surface area contributed by atoms with E-state index in [9.17, 15) is 4.79 Å². The van der Waals surface area contributed by atoms with Crippen LogP contribution in [0.15, 0.2) is 18.3 Å². The van der Waals surface area contributed by atoms with Gasteiger partial charge in [0.15, 0.2) is 0 Å². The molecule has 0 radical (unpaired) electrons. The van der Waals surface area contributed by atoms with Crippen molar-refractivity contribution in [3.8, 4) is 0 Å². The van der Waals surface area contributed by atoms with Crippen LogP contribution in [0.2, 0.25) is 0 Å². The van der Waals surface area contributed by atoms with Crippen molar-refractivity contribution in [3.05, 3.63) is 23.9 Å². The van der Waals surface area contributed by atoms with Crippen molar-refractivity contribution in [2.75, 3.05) is 25.6 Å². The summed E-state index contributed by atoms with van der Waals surface area (Å²) in [5.74, 6) is 0.482. The maximum Gasteiger partial charge on any atom is 0.255 e. The molecule has 1 fully saturated rings. The number of hydrogen-bond acceptors (Lipinski definition) is 4. The average Bonchev–Trinajstić information content (AvgIpc) is 2.39. The molecule has 1 saturated heterocycles. The van der Waals surface area contributed by atoms with Crippen LogP contribution < -0.4 is 10.6 Å². The number of carbonyl (C=O) groups excluding carboxylic acids is 1. The van der Waals surface area contributed by atoms with Crippen LogP contribution >= 0.6 is 0 Å². The number of amides is 1. The first-order chi connectivity index (χ1) is 8.64. The van der Waals surface area contributed by atoms with E-state index in [2.05, 4.69) is 15.6 Å². The molecular weight excluding hydrogens is 230 g/mol. The van der Waals surface area contributed by atoms with Crippen molar-refractivity contribution >= 4 is 11.7 Å².